The Balaban J connectivity index is 1.05. The zero-order valence-electron chi connectivity index (χ0n) is 28.7. The van der Waals surface area contributed by atoms with Crippen molar-refractivity contribution in [1.82, 2.24) is 29.6 Å². The van der Waals surface area contributed by atoms with Crippen molar-refractivity contribution in [2.24, 2.45) is 15.7 Å². The van der Waals surface area contributed by atoms with Crippen molar-refractivity contribution in [3.8, 4) is 28.8 Å². The first kappa shape index (κ1) is 34.1. The maximum Gasteiger partial charge on any atom is 0.257 e. The Kier molecular flexibility index (Phi) is 10.8. The highest BCUT2D eigenvalue weighted by atomic mass is 16.5. The van der Waals surface area contributed by atoms with Crippen LogP contribution in [0.15, 0.2) is 71.2 Å². The molecule has 1 saturated carbocycles. The first-order valence-electron chi connectivity index (χ1n) is 17.6. The molecule has 0 radical (unpaired) electrons. The Hall–Kier alpha value is -5.39. The van der Waals surface area contributed by atoms with Crippen LogP contribution in [-0.4, -0.2) is 86.3 Å². The minimum absolute atomic E-state index is 0.276. The number of nitriles is 1. The van der Waals surface area contributed by atoms with E-state index >= 15 is 0 Å². The lowest BCUT2D eigenvalue weighted by atomic mass is 9.89. The molecule has 14 nitrogen and oxygen atoms in total. The summed E-state index contributed by atoms with van der Waals surface area (Å²) in [5.41, 5.74) is 8.75. The van der Waals surface area contributed by atoms with Gasteiger partial charge in [0, 0.05) is 42.3 Å². The topological polar surface area (TPSA) is 174 Å². The molecule has 51 heavy (non-hydrogen) atoms. The first-order valence-corrected chi connectivity index (χ1v) is 17.6. The molecular formula is C37H43N11O3. The van der Waals surface area contributed by atoms with Crippen LogP contribution < -0.4 is 20.5 Å². The Labute approximate surface area is 297 Å². The second-order valence-electron chi connectivity index (χ2n) is 13.2. The van der Waals surface area contributed by atoms with E-state index in [2.05, 4.69) is 41.2 Å². The van der Waals surface area contributed by atoms with Gasteiger partial charge in [-0.05, 0) is 75.3 Å². The molecule has 1 aliphatic carbocycles. The summed E-state index contributed by atoms with van der Waals surface area (Å²) in [4.78, 5) is 24.3. The van der Waals surface area contributed by atoms with E-state index in [1.54, 1.807) is 24.7 Å². The molecule has 2 saturated heterocycles. The molecule has 3 N–H and O–H groups in total. The molecule has 2 unspecified atom stereocenters. The zero-order chi connectivity index (χ0) is 35.0. The van der Waals surface area contributed by atoms with Crippen molar-refractivity contribution >= 4 is 24.3 Å². The number of fused-ring (bicyclic) bond motifs is 2. The molecule has 0 amide bonds. The number of ether oxygens (including phenoxy) is 3. The number of nitrogens with one attached hydrogen (secondary N) is 1. The summed E-state index contributed by atoms with van der Waals surface area (Å²) in [6, 6.07) is 15.4. The Morgan fingerprint density at radius 1 is 1.02 bits per heavy atom. The SMILES string of the molecule is C[C@@H](CN=CN=CN)Oc1cc(-c2cnc(Nc3cn(C4CCC(N5C6CCC5COC6)CC4)nc3OCc3ccccn3)nc2)ccc1C#N. The summed E-state index contributed by atoms with van der Waals surface area (Å²) in [5.74, 6) is 1.34. The van der Waals surface area contributed by atoms with E-state index in [0.717, 1.165) is 55.7 Å². The van der Waals surface area contributed by atoms with E-state index in [-0.39, 0.29) is 18.8 Å². The van der Waals surface area contributed by atoms with Gasteiger partial charge < -0.3 is 25.3 Å². The monoisotopic (exact) mass is 689 g/mol. The lowest BCUT2D eigenvalue weighted by Crippen LogP contribution is -2.52. The summed E-state index contributed by atoms with van der Waals surface area (Å²) >= 11 is 0. The second-order valence-corrected chi connectivity index (χ2v) is 13.2. The van der Waals surface area contributed by atoms with Crippen molar-refractivity contribution in [2.75, 3.05) is 25.1 Å². The molecular weight excluding hydrogens is 646 g/mol. The smallest absolute Gasteiger partial charge is 0.257 e. The highest BCUT2D eigenvalue weighted by molar-refractivity contribution is 5.69. The van der Waals surface area contributed by atoms with Crippen molar-refractivity contribution in [3.05, 3.63) is 72.4 Å². The third-order valence-electron chi connectivity index (χ3n) is 9.80. The molecule has 264 valence electrons. The van der Waals surface area contributed by atoms with Gasteiger partial charge in [-0.15, -0.1) is 5.10 Å². The second kappa shape index (κ2) is 16.1. The molecule has 3 aliphatic rings. The molecule has 14 heteroatoms. The van der Waals surface area contributed by atoms with Crippen LogP contribution in [0.2, 0.25) is 0 Å². The summed E-state index contributed by atoms with van der Waals surface area (Å²) < 4.78 is 20.2. The third-order valence-corrected chi connectivity index (χ3v) is 9.80. The summed E-state index contributed by atoms with van der Waals surface area (Å²) in [6.07, 6.45) is 16.4. The van der Waals surface area contributed by atoms with Crippen LogP contribution in [0.3, 0.4) is 0 Å². The first-order chi connectivity index (χ1) is 25.1. The van der Waals surface area contributed by atoms with Crippen LogP contribution in [0.5, 0.6) is 11.6 Å². The van der Waals surface area contributed by atoms with E-state index in [0.29, 0.717) is 53.5 Å². The van der Waals surface area contributed by atoms with E-state index in [4.69, 9.17) is 25.0 Å². The van der Waals surface area contributed by atoms with E-state index in [1.807, 2.05) is 48.1 Å². The number of nitrogens with zero attached hydrogens (tertiary/aromatic N) is 9. The van der Waals surface area contributed by atoms with Crippen molar-refractivity contribution in [2.45, 2.75) is 82.3 Å². The number of aromatic nitrogens is 5. The minimum atomic E-state index is -0.288. The number of nitrogens with two attached hydrogens (primary N) is 1. The Morgan fingerprint density at radius 3 is 2.51 bits per heavy atom. The van der Waals surface area contributed by atoms with Gasteiger partial charge in [-0.2, -0.15) is 5.26 Å². The number of rotatable bonds is 13. The molecule has 3 fully saturated rings. The summed E-state index contributed by atoms with van der Waals surface area (Å²) in [7, 11) is 0. The van der Waals surface area contributed by atoms with Crippen molar-refractivity contribution < 1.29 is 14.2 Å². The number of benzene rings is 1. The van der Waals surface area contributed by atoms with Crippen molar-refractivity contribution in [3.63, 3.8) is 0 Å². The third kappa shape index (κ3) is 8.16. The number of hydrogen-bond acceptors (Lipinski definition) is 11. The molecule has 4 aromatic rings. The summed E-state index contributed by atoms with van der Waals surface area (Å²) in [5, 5.41) is 17.9. The predicted molar refractivity (Wildman–Crippen MR) is 193 cm³/mol. The quantitative estimate of drug-likeness (QED) is 0.142. The van der Waals surface area contributed by atoms with Crippen LogP contribution in [0.4, 0.5) is 11.6 Å². The van der Waals surface area contributed by atoms with Crippen LogP contribution in [0.25, 0.3) is 11.1 Å². The highest BCUT2D eigenvalue weighted by Gasteiger charge is 2.42. The van der Waals surface area contributed by atoms with Crippen LogP contribution in [0.1, 0.15) is 62.7 Å². The summed E-state index contributed by atoms with van der Waals surface area (Å²) in [6.45, 7) is 4.26. The van der Waals surface area contributed by atoms with Gasteiger partial charge in [0.05, 0.1) is 49.6 Å². The lowest BCUT2D eigenvalue weighted by Gasteiger charge is -2.43. The molecule has 3 atom stereocenters. The Morgan fingerprint density at radius 2 is 1.78 bits per heavy atom. The van der Waals surface area contributed by atoms with E-state index in [1.165, 1.54) is 25.5 Å². The minimum Gasteiger partial charge on any atom is -0.487 e. The maximum atomic E-state index is 9.66. The van der Waals surface area contributed by atoms with Crippen LogP contribution in [0, 0.1) is 11.3 Å². The van der Waals surface area contributed by atoms with Gasteiger partial charge in [-0.1, -0.05) is 12.1 Å². The fraction of sp³-hybridized carbons (Fsp3) is 0.432. The zero-order valence-corrected chi connectivity index (χ0v) is 28.7. The predicted octanol–water partition coefficient (Wildman–Crippen LogP) is 5.06. The number of morpholine rings is 1. The highest BCUT2D eigenvalue weighted by Crippen LogP contribution is 2.39. The average Bonchev–Trinajstić information content (AvgIpc) is 3.68. The molecule has 3 aromatic heterocycles. The molecule has 7 rings (SSSR count). The molecule has 2 bridgehead atoms. The van der Waals surface area contributed by atoms with Gasteiger partial charge in [-0.3, -0.25) is 19.6 Å². The molecule has 5 heterocycles. The van der Waals surface area contributed by atoms with Crippen LogP contribution >= 0.6 is 0 Å². The lowest BCUT2D eigenvalue weighted by molar-refractivity contribution is -0.0458. The van der Waals surface area contributed by atoms with Gasteiger partial charge in [0.2, 0.25) is 5.95 Å². The number of hydrogen-bond donors (Lipinski definition) is 2. The fourth-order valence-corrected chi connectivity index (χ4v) is 7.35. The maximum absolute atomic E-state index is 9.66. The average molecular weight is 690 g/mol. The van der Waals surface area contributed by atoms with Gasteiger partial charge in [0.15, 0.2) is 0 Å². The molecule has 1 aromatic carbocycles. The fourth-order valence-electron chi connectivity index (χ4n) is 7.35. The van der Waals surface area contributed by atoms with Crippen LogP contribution in [-0.2, 0) is 11.3 Å². The Bertz CT molecular complexity index is 1830. The number of anilines is 2. The standard InChI is InChI=1S/C37H43N11O3/c1-25(16-40-24-41-23-39)51-35-14-26(5-6-27(35)15-38)28-17-43-37(44-18-28)45-34-19-47(46-36(34)50-20-29-4-2-3-13-42-29)30-7-9-31(10-8-30)48-32-11-12-33(48)22-49-21-32/h2-6,13-14,17-19,23-25,30-33H,7-12,16,20-22H2,1H3,(H2,39,40,41)(H,43,44,45)/t25-,30?,31?,32?,33?/m0/s1. The molecule has 0 spiro atoms. The normalized spacial score (nSPS) is 22.6. The van der Waals surface area contributed by atoms with Gasteiger partial charge in [0.1, 0.15) is 36.6 Å². The molecule has 2 aliphatic heterocycles. The number of pyridine rings is 1. The number of aliphatic imine (C=N–C) groups is 2. The van der Waals surface area contributed by atoms with Gasteiger partial charge in [-0.25, -0.2) is 15.0 Å². The van der Waals surface area contributed by atoms with E-state index in [9.17, 15) is 5.26 Å². The largest absolute Gasteiger partial charge is 0.487 e. The van der Waals surface area contributed by atoms with Gasteiger partial charge >= 0.3 is 0 Å². The van der Waals surface area contributed by atoms with E-state index < -0.39 is 0 Å². The van der Waals surface area contributed by atoms with Gasteiger partial charge in [0.25, 0.3) is 5.88 Å². The van der Waals surface area contributed by atoms with Crippen molar-refractivity contribution in [1.29, 1.82) is 5.26 Å².